The molecule has 0 spiro atoms. The number of piperidine rings is 1. The van der Waals surface area contributed by atoms with Gasteiger partial charge in [0.1, 0.15) is 0 Å². The Morgan fingerprint density at radius 2 is 1.59 bits per heavy atom. The van der Waals surface area contributed by atoms with Crippen molar-refractivity contribution in [3.63, 3.8) is 0 Å². The summed E-state index contributed by atoms with van der Waals surface area (Å²) in [6.07, 6.45) is 3.70. The Morgan fingerprint density at radius 3 is 2.11 bits per heavy atom. The summed E-state index contributed by atoms with van der Waals surface area (Å²) in [6, 6.07) is 7.59. The first kappa shape index (κ1) is 23.4. The van der Waals surface area contributed by atoms with Gasteiger partial charge in [-0.1, -0.05) is 23.2 Å². The van der Waals surface area contributed by atoms with Gasteiger partial charge < -0.3 is 9.91 Å². The van der Waals surface area contributed by atoms with Crippen LogP contribution in [0.2, 0.25) is 0 Å². The van der Waals surface area contributed by atoms with Gasteiger partial charge in [-0.25, -0.2) is 4.90 Å². The third-order valence-electron chi connectivity index (χ3n) is 3.91. The second-order valence-electron chi connectivity index (χ2n) is 6.24. The van der Waals surface area contributed by atoms with Gasteiger partial charge in [-0.2, -0.15) is 0 Å². The average Bonchev–Trinajstić information content (AvgIpc) is 2.83. The van der Waals surface area contributed by atoms with E-state index < -0.39 is 8.16 Å². The van der Waals surface area contributed by atoms with Crippen LogP contribution in [0.25, 0.3) is 11.0 Å². The first-order valence-electron chi connectivity index (χ1n) is 8.00. The topological polar surface area (TPSA) is 51.2 Å². The summed E-state index contributed by atoms with van der Waals surface area (Å²) in [5.41, 5.74) is 1.50. The molecule has 1 aromatic heterocycles. The molecule has 3 rings (SSSR count). The molecule has 1 fully saturated rings. The van der Waals surface area contributed by atoms with Crippen LogP contribution in [0.5, 0.6) is 0 Å². The van der Waals surface area contributed by atoms with E-state index in [2.05, 4.69) is 15.0 Å². The number of halogens is 6. The van der Waals surface area contributed by atoms with E-state index >= 15 is 0 Å². The van der Waals surface area contributed by atoms with E-state index in [1.807, 2.05) is 43.0 Å². The van der Waals surface area contributed by atoms with Crippen LogP contribution in [0.1, 0.15) is 25.6 Å². The molecule has 0 saturated carbocycles. The van der Waals surface area contributed by atoms with Crippen molar-refractivity contribution in [2.45, 2.75) is 25.6 Å². The second kappa shape index (κ2) is 8.57. The number of para-hydroxylation sites is 2. The molecule has 2 aromatic rings. The van der Waals surface area contributed by atoms with Gasteiger partial charge in [0.05, 0.1) is 5.21 Å². The van der Waals surface area contributed by atoms with Crippen LogP contribution in [-0.4, -0.2) is 46.9 Å². The van der Waals surface area contributed by atoms with E-state index in [0.717, 1.165) is 23.5 Å². The van der Waals surface area contributed by atoms with Gasteiger partial charge in [0.2, 0.25) is 17.3 Å². The van der Waals surface area contributed by atoms with Crippen LogP contribution in [-0.2, 0) is 0 Å². The Balaban J connectivity index is 0.000000456. The Kier molecular flexibility index (Phi) is 7.43. The maximum Gasteiger partial charge on any atom is -1.00 e. The summed E-state index contributed by atoms with van der Waals surface area (Å²) in [4.78, 5) is 5.23. The zero-order valence-electron chi connectivity index (χ0n) is 14.8. The first-order chi connectivity index (χ1) is 11.9. The van der Waals surface area contributed by atoms with Crippen molar-refractivity contribution in [2.75, 3.05) is 27.2 Å². The van der Waals surface area contributed by atoms with Crippen LogP contribution in [0.4, 0.5) is 21.0 Å². The number of likely N-dealkylation sites (tertiary alicyclic amines) is 1. The smallest absolute Gasteiger partial charge is 1.00 e. The van der Waals surface area contributed by atoms with Gasteiger partial charge in [-0.15, -0.1) is 4.85 Å². The summed E-state index contributed by atoms with van der Waals surface area (Å²) in [6.45, 7) is 2.10. The SMILES string of the molecule is CN(C)C(N1CCCCC1)n1n[n+]([O-])c2ccccc21.FP(F)(F)(F)F.[F-]. The molecule has 156 valence electrons. The van der Waals surface area contributed by atoms with Gasteiger partial charge in [0, 0.05) is 13.1 Å². The fourth-order valence-electron chi connectivity index (χ4n) is 3.02. The van der Waals surface area contributed by atoms with Gasteiger partial charge in [0.25, 0.3) is 0 Å². The minimum Gasteiger partial charge on any atom is -1.00 e. The van der Waals surface area contributed by atoms with Crippen molar-refractivity contribution >= 4 is 19.2 Å². The normalized spacial score (nSPS) is 18.1. The number of nitrogens with zero attached hydrogens (tertiary/aromatic N) is 5. The number of rotatable bonds is 3. The third-order valence-corrected chi connectivity index (χ3v) is 3.91. The monoisotopic (exact) mass is 420 g/mol. The predicted octanol–water partition coefficient (Wildman–Crippen LogP) is 1.14. The summed E-state index contributed by atoms with van der Waals surface area (Å²) in [5, 5.41) is 16.1. The number of hydrogen-bond donors (Lipinski definition) is 0. The third kappa shape index (κ3) is 7.11. The van der Waals surface area contributed by atoms with Crippen molar-refractivity contribution < 1.29 is 30.5 Å². The molecule has 6 nitrogen and oxygen atoms in total. The maximum atomic E-state index is 12.0. The molecule has 0 amide bonds. The van der Waals surface area contributed by atoms with Gasteiger partial charge in [0.15, 0.2) is 0 Å². The van der Waals surface area contributed by atoms with E-state index in [9.17, 15) is 26.2 Å². The van der Waals surface area contributed by atoms with Crippen molar-refractivity contribution in [3.05, 3.63) is 29.5 Å². The Hall–Kier alpha value is -1.65. The van der Waals surface area contributed by atoms with Crippen LogP contribution in [0.3, 0.4) is 0 Å². The molecule has 27 heavy (non-hydrogen) atoms. The summed E-state index contributed by atoms with van der Waals surface area (Å²) >= 11 is 0. The molecule has 0 bridgehead atoms. The zero-order chi connectivity index (χ0) is 19.6. The summed E-state index contributed by atoms with van der Waals surface area (Å²) in [7, 11) is -4.48. The summed E-state index contributed by atoms with van der Waals surface area (Å²) < 4.78 is 51.0. The van der Waals surface area contributed by atoms with E-state index in [0.29, 0.717) is 5.52 Å². The van der Waals surface area contributed by atoms with Crippen molar-refractivity contribution in [1.29, 1.82) is 0 Å². The molecule has 0 radical (unpaired) electrons. The fraction of sp³-hybridized carbons (Fsp3) is 0.571. The van der Waals surface area contributed by atoms with Crippen LogP contribution in [0, 0.1) is 5.21 Å². The zero-order valence-corrected chi connectivity index (χ0v) is 15.7. The second-order valence-corrected chi connectivity index (χ2v) is 7.52. The molecule has 1 saturated heterocycles. The number of fused-ring (bicyclic) bond motifs is 1. The van der Waals surface area contributed by atoms with Crippen LogP contribution >= 0.6 is 8.16 Å². The van der Waals surface area contributed by atoms with Crippen molar-refractivity contribution in [2.24, 2.45) is 0 Å². The molecule has 2 heterocycles. The molecular weight excluding hydrogens is 399 g/mol. The number of aromatic nitrogens is 3. The molecule has 13 heteroatoms. The molecule has 0 aliphatic carbocycles. The van der Waals surface area contributed by atoms with E-state index in [1.165, 1.54) is 19.3 Å². The number of hydrogen-bond acceptors (Lipinski definition) is 4. The van der Waals surface area contributed by atoms with Gasteiger partial charge in [-0.3, -0.25) is 4.90 Å². The van der Waals surface area contributed by atoms with Crippen LogP contribution < -0.4 is 9.55 Å². The number of benzene rings is 1. The minimum absolute atomic E-state index is 0. The Labute approximate surface area is 152 Å². The van der Waals surface area contributed by atoms with E-state index in [4.69, 9.17) is 0 Å². The molecule has 1 atom stereocenters. The van der Waals surface area contributed by atoms with Crippen molar-refractivity contribution in [3.8, 4) is 0 Å². The molecule has 1 unspecified atom stereocenters. The minimum atomic E-state index is -8.55. The molecule has 1 aromatic carbocycles. The first-order valence-corrected chi connectivity index (χ1v) is 9.69. The summed E-state index contributed by atoms with van der Waals surface area (Å²) in [5.74, 6) is 0. The predicted molar refractivity (Wildman–Crippen MR) is 89.3 cm³/mol. The average molecular weight is 420 g/mol. The van der Waals surface area contributed by atoms with E-state index in [1.54, 1.807) is 0 Å². The Morgan fingerprint density at radius 1 is 1.07 bits per heavy atom. The maximum absolute atomic E-state index is 12.0. The van der Waals surface area contributed by atoms with Crippen molar-refractivity contribution in [1.82, 2.24) is 19.7 Å². The standard InChI is InChI=1S/C14H21N5O.F5P.FH/c1-16(2)14(17-10-6-3-7-11-17)18-12-8-4-5-9-13(12)19(20)15-18;1-6(2,3,4)5;/h4-5,8-9,14H,3,6-7,10-11H2,1-2H3;;1H/p-1. The largest absolute Gasteiger partial charge is 1.00 e. The fourth-order valence-corrected chi connectivity index (χ4v) is 3.02. The molecule has 0 N–H and O–H groups in total. The van der Waals surface area contributed by atoms with Gasteiger partial charge in [-0.05, 0) is 39.1 Å². The Bertz CT molecular complexity index is 727. The molecular formula is C14H21F6N5OP-. The van der Waals surface area contributed by atoms with Crippen LogP contribution in [0.15, 0.2) is 24.3 Å². The molecule has 1 aliphatic heterocycles. The van der Waals surface area contributed by atoms with E-state index in [-0.39, 0.29) is 11.0 Å². The molecule has 1 aliphatic rings. The quantitative estimate of drug-likeness (QED) is 0.324. The van der Waals surface area contributed by atoms with Gasteiger partial charge >= 0.3 is 29.1 Å².